The molecule has 0 aliphatic rings. The van der Waals surface area contributed by atoms with Crippen LogP contribution in [0.2, 0.25) is 0 Å². The van der Waals surface area contributed by atoms with E-state index in [0.29, 0.717) is 22.7 Å². The molecule has 2 aromatic carbocycles. The summed E-state index contributed by atoms with van der Waals surface area (Å²) in [5.41, 5.74) is 0.905. The third kappa shape index (κ3) is 6.60. The maximum atomic E-state index is 12.4. The summed E-state index contributed by atoms with van der Waals surface area (Å²) in [6, 6.07) is 11.8. The van der Waals surface area contributed by atoms with Gasteiger partial charge in [0.25, 0.3) is 5.91 Å². The quantitative estimate of drug-likeness (QED) is 0.446. The number of carbonyl (C=O) groups excluding carboxylic acids is 3. The van der Waals surface area contributed by atoms with Crippen molar-refractivity contribution in [3.8, 4) is 11.5 Å². The van der Waals surface area contributed by atoms with Crippen LogP contribution in [0.1, 0.15) is 30.1 Å². The first kappa shape index (κ1) is 22.4. The van der Waals surface area contributed by atoms with Crippen molar-refractivity contribution in [2.45, 2.75) is 25.9 Å². The molecule has 0 aromatic heterocycles. The molecule has 8 heteroatoms. The monoisotopic (exact) mass is 463 g/mol. The van der Waals surface area contributed by atoms with E-state index in [0.717, 1.165) is 4.47 Å². The summed E-state index contributed by atoms with van der Waals surface area (Å²) in [5.74, 6) is -0.345. The van der Waals surface area contributed by atoms with Crippen LogP contribution in [0.4, 0.5) is 5.69 Å². The largest absolute Gasteiger partial charge is 0.497 e. The number of hydrogen-bond acceptors (Lipinski definition) is 6. The molecule has 0 saturated carbocycles. The minimum absolute atomic E-state index is 0.00148. The number of halogens is 1. The van der Waals surface area contributed by atoms with Crippen LogP contribution >= 0.6 is 15.9 Å². The van der Waals surface area contributed by atoms with Gasteiger partial charge in [0.15, 0.2) is 11.9 Å². The Labute approximate surface area is 177 Å². The van der Waals surface area contributed by atoms with Gasteiger partial charge in [-0.2, -0.15) is 0 Å². The lowest BCUT2D eigenvalue weighted by Crippen LogP contribution is -2.30. The molecule has 0 spiro atoms. The number of nitrogens with one attached hydrogen (secondary N) is 1. The van der Waals surface area contributed by atoms with Crippen molar-refractivity contribution >= 4 is 39.3 Å². The number of benzene rings is 2. The molecule has 1 unspecified atom stereocenters. The summed E-state index contributed by atoms with van der Waals surface area (Å²) in [5, 5.41) is 2.64. The van der Waals surface area contributed by atoms with Gasteiger partial charge in [-0.15, -0.1) is 0 Å². The summed E-state index contributed by atoms with van der Waals surface area (Å²) in [4.78, 5) is 36.5. The van der Waals surface area contributed by atoms with Gasteiger partial charge in [-0.3, -0.25) is 14.4 Å². The van der Waals surface area contributed by atoms with E-state index < -0.39 is 18.0 Å². The zero-order valence-corrected chi connectivity index (χ0v) is 17.9. The first-order valence-electron chi connectivity index (χ1n) is 8.85. The Hall–Kier alpha value is -2.87. The number of carbonyl (C=O) groups is 3. The summed E-state index contributed by atoms with van der Waals surface area (Å²) in [6.07, 6.45) is -1.16. The van der Waals surface area contributed by atoms with Crippen LogP contribution in [-0.2, 0) is 14.3 Å². The van der Waals surface area contributed by atoms with Gasteiger partial charge in [0.2, 0.25) is 0 Å². The van der Waals surface area contributed by atoms with E-state index in [2.05, 4.69) is 21.2 Å². The molecule has 154 valence electrons. The Morgan fingerprint density at radius 2 is 1.69 bits per heavy atom. The van der Waals surface area contributed by atoms with Crippen molar-refractivity contribution in [1.82, 2.24) is 0 Å². The fourth-order valence-corrected chi connectivity index (χ4v) is 2.72. The Balaban J connectivity index is 1.88. The summed E-state index contributed by atoms with van der Waals surface area (Å²) in [7, 11) is 2.98. The number of esters is 1. The normalized spacial score (nSPS) is 11.3. The topological polar surface area (TPSA) is 90.9 Å². The number of ether oxygens (including phenoxy) is 3. The molecular formula is C21H22BrNO6. The Bertz CT molecular complexity index is 881. The predicted molar refractivity (Wildman–Crippen MR) is 111 cm³/mol. The number of hydrogen-bond donors (Lipinski definition) is 1. The van der Waals surface area contributed by atoms with Crippen molar-refractivity contribution < 1.29 is 28.6 Å². The van der Waals surface area contributed by atoms with E-state index in [-0.39, 0.29) is 18.6 Å². The van der Waals surface area contributed by atoms with Crippen LogP contribution in [0.3, 0.4) is 0 Å². The average Bonchev–Trinajstić information content (AvgIpc) is 2.72. The number of Topliss-reactive ketones (excluding diaryl/α,β-unsaturated/α-hetero) is 1. The van der Waals surface area contributed by atoms with Crippen LogP contribution < -0.4 is 14.8 Å². The summed E-state index contributed by atoms with van der Waals surface area (Å²) >= 11 is 3.30. The van der Waals surface area contributed by atoms with E-state index >= 15 is 0 Å². The lowest BCUT2D eigenvalue weighted by atomic mass is 10.1. The predicted octanol–water partition coefficient (Wildman–Crippen LogP) is 4.00. The second-order valence-corrected chi connectivity index (χ2v) is 7.03. The minimum Gasteiger partial charge on any atom is -0.497 e. The Kier molecular flexibility index (Phi) is 8.21. The first-order valence-corrected chi connectivity index (χ1v) is 9.64. The van der Waals surface area contributed by atoms with Crippen molar-refractivity contribution in [3.05, 3.63) is 52.5 Å². The van der Waals surface area contributed by atoms with E-state index in [9.17, 15) is 14.4 Å². The highest BCUT2D eigenvalue weighted by atomic mass is 79.9. The van der Waals surface area contributed by atoms with Crippen LogP contribution in [-0.4, -0.2) is 38.0 Å². The van der Waals surface area contributed by atoms with Crippen molar-refractivity contribution in [1.29, 1.82) is 0 Å². The second kappa shape index (κ2) is 10.6. The number of anilines is 1. The van der Waals surface area contributed by atoms with Gasteiger partial charge < -0.3 is 19.5 Å². The molecular weight excluding hydrogens is 442 g/mol. The Morgan fingerprint density at radius 1 is 1.00 bits per heavy atom. The van der Waals surface area contributed by atoms with E-state index in [1.807, 2.05) is 0 Å². The molecule has 0 radical (unpaired) electrons. The van der Waals surface area contributed by atoms with Crippen LogP contribution in [0, 0.1) is 0 Å². The summed E-state index contributed by atoms with van der Waals surface area (Å²) in [6.45, 7) is 1.45. The number of methoxy groups -OCH3 is 2. The fourth-order valence-electron chi connectivity index (χ4n) is 2.45. The standard InChI is InChI=1S/C21H22BrNO6/c1-13(21(26)23-17-12-16(27-2)8-10-19(17)28-3)29-20(25)11-9-18(24)14-4-6-15(22)7-5-14/h4-8,10,12-13H,9,11H2,1-3H3,(H,23,26). The van der Waals surface area contributed by atoms with E-state index in [4.69, 9.17) is 14.2 Å². The average molecular weight is 464 g/mol. The summed E-state index contributed by atoms with van der Waals surface area (Å²) < 4.78 is 16.3. The highest BCUT2D eigenvalue weighted by molar-refractivity contribution is 9.10. The van der Waals surface area contributed by atoms with E-state index in [1.165, 1.54) is 21.1 Å². The number of amides is 1. The molecule has 1 N–H and O–H groups in total. The minimum atomic E-state index is -1.04. The number of rotatable bonds is 9. The van der Waals surface area contributed by atoms with Crippen LogP contribution in [0.5, 0.6) is 11.5 Å². The first-order chi connectivity index (χ1) is 13.8. The third-order valence-corrected chi connectivity index (χ3v) is 4.59. The molecule has 0 saturated heterocycles. The highest BCUT2D eigenvalue weighted by Gasteiger charge is 2.20. The smallest absolute Gasteiger partial charge is 0.307 e. The second-order valence-electron chi connectivity index (χ2n) is 6.12. The number of ketones is 1. The molecule has 0 aliphatic heterocycles. The lowest BCUT2D eigenvalue weighted by molar-refractivity contribution is -0.153. The SMILES string of the molecule is COc1ccc(OC)c(NC(=O)C(C)OC(=O)CCC(=O)c2ccc(Br)cc2)c1. The maximum absolute atomic E-state index is 12.4. The van der Waals surface area contributed by atoms with Crippen LogP contribution in [0.25, 0.3) is 0 Å². The van der Waals surface area contributed by atoms with Gasteiger partial charge in [-0.1, -0.05) is 28.1 Å². The van der Waals surface area contributed by atoms with Gasteiger partial charge in [0.1, 0.15) is 11.5 Å². The molecule has 1 atom stereocenters. The Morgan fingerprint density at radius 3 is 2.31 bits per heavy atom. The lowest BCUT2D eigenvalue weighted by Gasteiger charge is -2.16. The molecule has 2 aromatic rings. The molecule has 0 aliphatic carbocycles. The fraction of sp³-hybridized carbons (Fsp3) is 0.286. The molecule has 2 rings (SSSR count). The maximum Gasteiger partial charge on any atom is 0.307 e. The van der Waals surface area contributed by atoms with Gasteiger partial charge in [-0.25, -0.2) is 0 Å². The van der Waals surface area contributed by atoms with Gasteiger partial charge in [0, 0.05) is 22.5 Å². The molecule has 29 heavy (non-hydrogen) atoms. The van der Waals surface area contributed by atoms with Crippen molar-refractivity contribution in [2.24, 2.45) is 0 Å². The van der Waals surface area contributed by atoms with Gasteiger partial charge in [-0.05, 0) is 31.2 Å². The van der Waals surface area contributed by atoms with Crippen molar-refractivity contribution in [2.75, 3.05) is 19.5 Å². The molecule has 0 fully saturated rings. The van der Waals surface area contributed by atoms with Gasteiger partial charge >= 0.3 is 5.97 Å². The molecule has 0 heterocycles. The molecule has 0 bridgehead atoms. The molecule has 1 amide bonds. The third-order valence-electron chi connectivity index (χ3n) is 4.06. The zero-order valence-electron chi connectivity index (χ0n) is 16.4. The van der Waals surface area contributed by atoms with Gasteiger partial charge in [0.05, 0.1) is 26.3 Å². The molecule has 7 nitrogen and oxygen atoms in total. The van der Waals surface area contributed by atoms with Crippen LogP contribution in [0.15, 0.2) is 46.9 Å². The zero-order chi connectivity index (χ0) is 21.4. The van der Waals surface area contributed by atoms with E-state index in [1.54, 1.807) is 42.5 Å². The highest BCUT2D eigenvalue weighted by Crippen LogP contribution is 2.29. The van der Waals surface area contributed by atoms with Crippen molar-refractivity contribution in [3.63, 3.8) is 0 Å².